The summed E-state index contributed by atoms with van der Waals surface area (Å²) in [6, 6.07) is 19.7. The third-order valence-corrected chi connectivity index (χ3v) is 5.64. The van der Waals surface area contributed by atoms with Crippen LogP contribution in [-0.4, -0.2) is 42.5 Å². The first-order valence-electron chi connectivity index (χ1n) is 10.8. The Morgan fingerprint density at radius 2 is 1.82 bits per heavy atom. The van der Waals surface area contributed by atoms with Crippen LogP contribution in [0.1, 0.15) is 27.3 Å². The van der Waals surface area contributed by atoms with E-state index in [1.807, 2.05) is 65.2 Å². The molecule has 9 nitrogen and oxygen atoms in total. The van der Waals surface area contributed by atoms with Gasteiger partial charge in [0.1, 0.15) is 17.6 Å². The number of aromatic nitrogens is 6. The second-order valence-electron chi connectivity index (χ2n) is 7.85. The number of aryl methyl sites for hydroxylation is 1. The lowest BCUT2D eigenvalue weighted by Gasteiger charge is -2.08. The fourth-order valence-electron chi connectivity index (χ4n) is 3.76. The Bertz CT molecular complexity index is 1440. The molecule has 5 rings (SSSR count). The van der Waals surface area contributed by atoms with Crippen molar-refractivity contribution >= 4 is 17.1 Å². The molecule has 9 heteroatoms. The van der Waals surface area contributed by atoms with Crippen LogP contribution in [-0.2, 0) is 20.0 Å². The van der Waals surface area contributed by atoms with Crippen LogP contribution in [0.25, 0.3) is 16.9 Å². The molecule has 1 amide bonds. The molecular weight excluding hydrogens is 430 g/mol. The first-order chi connectivity index (χ1) is 16.6. The van der Waals surface area contributed by atoms with E-state index in [0.29, 0.717) is 24.4 Å². The number of imidazole rings is 1. The van der Waals surface area contributed by atoms with Crippen molar-refractivity contribution in [1.29, 1.82) is 0 Å². The first kappa shape index (κ1) is 21.3. The summed E-state index contributed by atoms with van der Waals surface area (Å²) in [4.78, 5) is 21.7. The summed E-state index contributed by atoms with van der Waals surface area (Å²) >= 11 is 0. The van der Waals surface area contributed by atoms with Crippen LogP contribution < -0.4 is 10.1 Å². The lowest BCUT2D eigenvalue weighted by atomic mass is 10.1. The van der Waals surface area contributed by atoms with E-state index in [1.165, 1.54) is 0 Å². The second kappa shape index (κ2) is 9.14. The molecule has 3 heterocycles. The third-order valence-electron chi connectivity index (χ3n) is 5.64. The number of nitrogens with zero attached hydrogens (tertiary/aromatic N) is 6. The molecular formula is C25H23N7O2. The molecule has 0 spiro atoms. The monoisotopic (exact) mass is 453 g/mol. The summed E-state index contributed by atoms with van der Waals surface area (Å²) in [7, 11) is 3.40. The zero-order valence-electron chi connectivity index (χ0n) is 18.8. The molecule has 0 atom stereocenters. The SMILES string of the molecule is COc1cnc2c(c1)ncn2-c1ccc(CNC(=O)c2nnn(C)c2Cc2ccccc2)cc1. The number of pyridine rings is 1. The summed E-state index contributed by atoms with van der Waals surface area (Å²) < 4.78 is 8.77. The quantitative estimate of drug-likeness (QED) is 0.407. The van der Waals surface area contributed by atoms with Gasteiger partial charge in [-0.25, -0.2) is 9.97 Å². The van der Waals surface area contributed by atoms with Gasteiger partial charge in [-0.15, -0.1) is 5.10 Å². The minimum Gasteiger partial charge on any atom is -0.495 e. The summed E-state index contributed by atoms with van der Waals surface area (Å²) in [5, 5.41) is 11.1. The van der Waals surface area contributed by atoms with E-state index in [0.717, 1.165) is 33.7 Å². The molecule has 0 aliphatic carbocycles. The Hall–Kier alpha value is -4.53. The number of benzene rings is 2. The van der Waals surface area contributed by atoms with Crippen molar-refractivity contribution in [2.75, 3.05) is 7.11 Å². The molecule has 0 bridgehead atoms. The summed E-state index contributed by atoms with van der Waals surface area (Å²) in [5.41, 5.74) is 5.60. The topological polar surface area (TPSA) is 99.8 Å². The largest absolute Gasteiger partial charge is 0.495 e. The molecule has 0 radical (unpaired) electrons. The molecule has 170 valence electrons. The molecule has 0 aliphatic heterocycles. The average Bonchev–Trinajstić information content (AvgIpc) is 3.46. The predicted octanol–water partition coefficient (Wildman–Crippen LogP) is 3.08. The van der Waals surface area contributed by atoms with Gasteiger partial charge in [0.05, 0.1) is 19.0 Å². The van der Waals surface area contributed by atoms with E-state index in [4.69, 9.17) is 4.74 Å². The number of hydrogen-bond acceptors (Lipinski definition) is 6. The molecule has 0 saturated carbocycles. The number of carbonyl (C=O) groups is 1. The zero-order chi connectivity index (χ0) is 23.5. The molecule has 0 fully saturated rings. The van der Waals surface area contributed by atoms with Crippen LogP contribution in [0.5, 0.6) is 5.75 Å². The van der Waals surface area contributed by atoms with Crippen LogP contribution in [0.15, 0.2) is 73.2 Å². The standard InChI is InChI=1S/C25H23N7O2/c1-31-22(12-17-6-4-3-5-7-17)23(29-30-31)25(33)27-14-18-8-10-19(11-9-18)32-16-28-21-13-20(34-2)15-26-24(21)32/h3-11,13,15-16H,12,14H2,1-2H3,(H,27,33). The Balaban J connectivity index is 1.27. The van der Waals surface area contributed by atoms with Gasteiger partial charge in [-0.3, -0.25) is 14.0 Å². The number of ether oxygens (including phenoxy) is 1. The van der Waals surface area contributed by atoms with Crippen molar-refractivity contribution in [3.63, 3.8) is 0 Å². The normalized spacial score (nSPS) is 11.0. The molecule has 0 aliphatic rings. The van der Waals surface area contributed by atoms with E-state index >= 15 is 0 Å². The zero-order valence-corrected chi connectivity index (χ0v) is 18.8. The van der Waals surface area contributed by atoms with Crippen molar-refractivity contribution < 1.29 is 9.53 Å². The second-order valence-corrected chi connectivity index (χ2v) is 7.85. The van der Waals surface area contributed by atoms with Crippen molar-refractivity contribution in [2.24, 2.45) is 7.05 Å². The fourth-order valence-corrected chi connectivity index (χ4v) is 3.76. The molecule has 0 saturated heterocycles. The highest BCUT2D eigenvalue weighted by Gasteiger charge is 2.18. The number of rotatable bonds is 7. The smallest absolute Gasteiger partial charge is 0.274 e. The van der Waals surface area contributed by atoms with Crippen LogP contribution >= 0.6 is 0 Å². The third kappa shape index (κ3) is 4.23. The van der Waals surface area contributed by atoms with Crippen molar-refractivity contribution in [2.45, 2.75) is 13.0 Å². The van der Waals surface area contributed by atoms with Gasteiger partial charge in [-0.1, -0.05) is 47.7 Å². The van der Waals surface area contributed by atoms with E-state index in [1.54, 1.807) is 31.4 Å². The van der Waals surface area contributed by atoms with E-state index < -0.39 is 0 Å². The minimum atomic E-state index is -0.248. The van der Waals surface area contributed by atoms with E-state index in [-0.39, 0.29) is 5.91 Å². The molecule has 1 N–H and O–H groups in total. The summed E-state index contributed by atoms with van der Waals surface area (Å²) in [6.45, 7) is 0.376. The van der Waals surface area contributed by atoms with Crippen molar-refractivity contribution in [3.05, 3.63) is 95.7 Å². The summed E-state index contributed by atoms with van der Waals surface area (Å²) in [5.74, 6) is 0.417. The van der Waals surface area contributed by atoms with Crippen LogP contribution in [0.3, 0.4) is 0 Å². The number of methoxy groups -OCH3 is 1. The van der Waals surface area contributed by atoms with Gasteiger partial charge >= 0.3 is 0 Å². The van der Waals surface area contributed by atoms with Gasteiger partial charge in [0.25, 0.3) is 5.91 Å². The van der Waals surface area contributed by atoms with E-state index in [9.17, 15) is 4.79 Å². The Labute approximate surface area is 196 Å². The number of carbonyl (C=O) groups excluding carboxylic acids is 1. The maximum atomic E-state index is 12.8. The summed E-state index contributed by atoms with van der Waals surface area (Å²) in [6.07, 6.45) is 3.99. The van der Waals surface area contributed by atoms with Gasteiger partial charge in [-0.05, 0) is 23.3 Å². The minimum absolute atomic E-state index is 0.248. The maximum Gasteiger partial charge on any atom is 0.274 e. The van der Waals surface area contributed by atoms with Crippen LogP contribution in [0.4, 0.5) is 0 Å². The molecule has 2 aromatic carbocycles. The highest BCUT2D eigenvalue weighted by Crippen LogP contribution is 2.20. The fraction of sp³-hybridized carbons (Fsp3) is 0.160. The number of nitrogens with one attached hydrogen (secondary N) is 1. The van der Waals surface area contributed by atoms with Crippen molar-refractivity contribution in [3.8, 4) is 11.4 Å². The predicted molar refractivity (Wildman–Crippen MR) is 127 cm³/mol. The Kier molecular flexibility index (Phi) is 5.73. The van der Waals surface area contributed by atoms with Crippen LogP contribution in [0.2, 0.25) is 0 Å². The molecule has 3 aromatic heterocycles. The highest BCUT2D eigenvalue weighted by molar-refractivity contribution is 5.93. The molecule has 5 aromatic rings. The number of hydrogen-bond donors (Lipinski definition) is 1. The van der Waals surface area contributed by atoms with Crippen LogP contribution in [0, 0.1) is 0 Å². The lowest BCUT2D eigenvalue weighted by molar-refractivity contribution is 0.0945. The van der Waals surface area contributed by atoms with E-state index in [2.05, 4.69) is 25.6 Å². The maximum absolute atomic E-state index is 12.8. The Morgan fingerprint density at radius 1 is 1.03 bits per heavy atom. The van der Waals surface area contributed by atoms with Gasteiger partial charge < -0.3 is 10.1 Å². The highest BCUT2D eigenvalue weighted by atomic mass is 16.5. The van der Waals surface area contributed by atoms with Gasteiger partial charge in [-0.2, -0.15) is 0 Å². The first-order valence-corrected chi connectivity index (χ1v) is 10.8. The molecule has 0 unspecified atom stereocenters. The molecule has 34 heavy (non-hydrogen) atoms. The lowest BCUT2D eigenvalue weighted by Crippen LogP contribution is -2.24. The average molecular weight is 454 g/mol. The van der Waals surface area contributed by atoms with Gasteiger partial charge in [0.2, 0.25) is 0 Å². The Morgan fingerprint density at radius 3 is 2.59 bits per heavy atom. The number of fused-ring (bicyclic) bond motifs is 1. The van der Waals surface area contributed by atoms with Gasteiger partial charge in [0.15, 0.2) is 11.3 Å². The van der Waals surface area contributed by atoms with Crippen molar-refractivity contribution in [1.82, 2.24) is 34.8 Å². The van der Waals surface area contributed by atoms with Gasteiger partial charge in [0, 0.05) is 31.8 Å². The number of amides is 1.